The fourth-order valence-corrected chi connectivity index (χ4v) is 2.52. The molecule has 0 fully saturated rings. The lowest BCUT2D eigenvalue weighted by molar-refractivity contribution is -0.119. The largest absolute Gasteiger partial charge is 0.452 e. The molecule has 132 valence electrons. The Kier molecular flexibility index (Phi) is 6.34. The van der Waals surface area contributed by atoms with Crippen LogP contribution in [-0.4, -0.2) is 18.5 Å². The third kappa shape index (κ3) is 5.18. The SMILES string of the molecule is CC(C)c1ccc(C(=O)OCC(=O)Nc2ccccc2C(C)C)cc1. The Morgan fingerprint density at radius 3 is 2.16 bits per heavy atom. The van der Waals surface area contributed by atoms with Crippen molar-refractivity contribution < 1.29 is 14.3 Å². The predicted octanol–water partition coefficient (Wildman–Crippen LogP) is 4.73. The third-order valence-corrected chi connectivity index (χ3v) is 4.00. The molecule has 2 aromatic carbocycles. The Bertz CT molecular complexity index is 733. The Morgan fingerprint density at radius 2 is 1.56 bits per heavy atom. The molecule has 0 atom stereocenters. The first-order valence-corrected chi connectivity index (χ1v) is 8.54. The van der Waals surface area contributed by atoms with Crippen molar-refractivity contribution >= 4 is 17.6 Å². The molecule has 0 aromatic heterocycles. The van der Waals surface area contributed by atoms with Crippen LogP contribution in [0, 0.1) is 0 Å². The number of nitrogens with one attached hydrogen (secondary N) is 1. The lowest BCUT2D eigenvalue weighted by atomic mass is 10.0. The molecule has 0 bridgehead atoms. The molecular weight excluding hydrogens is 314 g/mol. The number of hydrogen-bond acceptors (Lipinski definition) is 3. The quantitative estimate of drug-likeness (QED) is 0.774. The summed E-state index contributed by atoms with van der Waals surface area (Å²) in [6.45, 7) is 7.99. The number of carbonyl (C=O) groups is 2. The Hall–Kier alpha value is -2.62. The van der Waals surface area contributed by atoms with Gasteiger partial charge in [0.15, 0.2) is 6.61 Å². The maximum Gasteiger partial charge on any atom is 0.338 e. The number of ether oxygens (including phenoxy) is 1. The number of benzene rings is 2. The fraction of sp³-hybridized carbons (Fsp3) is 0.333. The van der Waals surface area contributed by atoms with Gasteiger partial charge < -0.3 is 10.1 Å². The van der Waals surface area contributed by atoms with Gasteiger partial charge in [-0.25, -0.2) is 4.79 Å². The highest BCUT2D eigenvalue weighted by atomic mass is 16.5. The van der Waals surface area contributed by atoms with E-state index < -0.39 is 5.97 Å². The third-order valence-electron chi connectivity index (χ3n) is 4.00. The van der Waals surface area contributed by atoms with Crippen molar-refractivity contribution in [2.45, 2.75) is 39.5 Å². The second-order valence-electron chi connectivity index (χ2n) is 6.64. The van der Waals surface area contributed by atoms with E-state index in [0.717, 1.165) is 16.8 Å². The van der Waals surface area contributed by atoms with Crippen LogP contribution in [0.25, 0.3) is 0 Å². The van der Waals surface area contributed by atoms with Crippen LogP contribution >= 0.6 is 0 Å². The fourth-order valence-electron chi connectivity index (χ4n) is 2.52. The first-order valence-electron chi connectivity index (χ1n) is 8.54. The summed E-state index contributed by atoms with van der Waals surface area (Å²) in [6.07, 6.45) is 0. The Morgan fingerprint density at radius 1 is 0.920 bits per heavy atom. The summed E-state index contributed by atoms with van der Waals surface area (Å²) >= 11 is 0. The van der Waals surface area contributed by atoms with E-state index >= 15 is 0 Å². The Balaban J connectivity index is 1.92. The van der Waals surface area contributed by atoms with Gasteiger partial charge in [0.05, 0.1) is 5.56 Å². The molecule has 0 saturated heterocycles. The van der Waals surface area contributed by atoms with Crippen molar-refractivity contribution in [1.82, 2.24) is 0 Å². The number of amides is 1. The molecule has 0 aliphatic carbocycles. The molecule has 0 spiro atoms. The standard InChI is InChI=1S/C21H25NO3/c1-14(2)16-9-11-17(12-10-16)21(24)25-13-20(23)22-19-8-6-5-7-18(19)15(3)4/h5-12,14-15H,13H2,1-4H3,(H,22,23). The predicted molar refractivity (Wildman–Crippen MR) is 100.0 cm³/mol. The average Bonchev–Trinajstić information content (AvgIpc) is 2.60. The molecule has 0 heterocycles. The van der Waals surface area contributed by atoms with Crippen LogP contribution in [0.5, 0.6) is 0 Å². The summed E-state index contributed by atoms with van der Waals surface area (Å²) < 4.78 is 5.11. The van der Waals surface area contributed by atoms with Crippen LogP contribution in [-0.2, 0) is 9.53 Å². The molecule has 0 unspecified atom stereocenters. The smallest absolute Gasteiger partial charge is 0.338 e. The van der Waals surface area contributed by atoms with Gasteiger partial charge in [0.25, 0.3) is 5.91 Å². The topological polar surface area (TPSA) is 55.4 Å². The highest BCUT2D eigenvalue weighted by molar-refractivity contribution is 5.96. The first kappa shape index (κ1) is 18.7. The van der Waals surface area contributed by atoms with E-state index in [4.69, 9.17) is 4.74 Å². The molecule has 0 radical (unpaired) electrons. The van der Waals surface area contributed by atoms with Gasteiger partial charge in [0, 0.05) is 5.69 Å². The highest BCUT2D eigenvalue weighted by Crippen LogP contribution is 2.23. The van der Waals surface area contributed by atoms with Gasteiger partial charge in [-0.3, -0.25) is 4.79 Å². The van der Waals surface area contributed by atoms with E-state index in [1.54, 1.807) is 12.1 Å². The van der Waals surface area contributed by atoms with Crippen molar-refractivity contribution in [2.24, 2.45) is 0 Å². The second kappa shape index (κ2) is 8.47. The van der Waals surface area contributed by atoms with Gasteiger partial charge in [-0.15, -0.1) is 0 Å². The monoisotopic (exact) mass is 339 g/mol. The van der Waals surface area contributed by atoms with Gasteiger partial charge in [-0.05, 0) is 41.2 Å². The van der Waals surface area contributed by atoms with Gasteiger partial charge in [0.2, 0.25) is 0 Å². The zero-order valence-corrected chi connectivity index (χ0v) is 15.2. The molecule has 0 saturated carbocycles. The maximum atomic E-state index is 12.1. The van der Waals surface area contributed by atoms with Crippen LogP contribution in [0.2, 0.25) is 0 Å². The zero-order valence-electron chi connectivity index (χ0n) is 15.2. The molecule has 1 N–H and O–H groups in total. The van der Waals surface area contributed by atoms with E-state index in [1.807, 2.05) is 36.4 Å². The summed E-state index contributed by atoms with van der Waals surface area (Å²) in [5.41, 5.74) is 3.39. The van der Waals surface area contributed by atoms with Crippen molar-refractivity contribution in [3.63, 3.8) is 0 Å². The van der Waals surface area contributed by atoms with Crippen LogP contribution in [0.4, 0.5) is 5.69 Å². The van der Waals surface area contributed by atoms with Gasteiger partial charge >= 0.3 is 5.97 Å². The number of anilines is 1. The minimum atomic E-state index is -0.498. The number of rotatable bonds is 6. The minimum Gasteiger partial charge on any atom is -0.452 e. The summed E-state index contributed by atoms with van der Waals surface area (Å²) in [5.74, 6) is -0.154. The summed E-state index contributed by atoms with van der Waals surface area (Å²) in [7, 11) is 0. The molecule has 0 aliphatic rings. The van der Waals surface area contributed by atoms with E-state index in [1.165, 1.54) is 0 Å². The molecule has 4 heteroatoms. The van der Waals surface area contributed by atoms with E-state index in [-0.39, 0.29) is 12.5 Å². The number of hydrogen-bond donors (Lipinski definition) is 1. The van der Waals surface area contributed by atoms with Crippen molar-refractivity contribution in [3.05, 3.63) is 65.2 Å². The first-order chi connectivity index (χ1) is 11.9. The van der Waals surface area contributed by atoms with Gasteiger partial charge in [-0.2, -0.15) is 0 Å². The van der Waals surface area contributed by atoms with Crippen LogP contribution < -0.4 is 5.32 Å². The summed E-state index contributed by atoms with van der Waals surface area (Å²) in [4.78, 5) is 24.1. The normalized spacial score (nSPS) is 10.8. The Labute approximate surface area is 149 Å². The van der Waals surface area contributed by atoms with Crippen molar-refractivity contribution in [3.8, 4) is 0 Å². The van der Waals surface area contributed by atoms with Crippen LogP contribution in [0.15, 0.2) is 48.5 Å². The zero-order chi connectivity index (χ0) is 18.4. The van der Waals surface area contributed by atoms with E-state index in [9.17, 15) is 9.59 Å². The van der Waals surface area contributed by atoms with Gasteiger partial charge in [-0.1, -0.05) is 58.0 Å². The average molecular weight is 339 g/mol. The highest BCUT2D eigenvalue weighted by Gasteiger charge is 2.13. The number of para-hydroxylation sites is 1. The molecule has 0 aliphatic heterocycles. The number of esters is 1. The molecule has 2 rings (SSSR count). The molecule has 1 amide bonds. The molecule has 4 nitrogen and oxygen atoms in total. The molecule has 25 heavy (non-hydrogen) atoms. The summed E-state index contributed by atoms with van der Waals surface area (Å²) in [5, 5.41) is 2.81. The number of carbonyl (C=O) groups excluding carboxylic acids is 2. The minimum absolute atomic E-state index is 0.290. The summed E-state index contributed by atoms with van der Waals surface area (Å²) in [6, 6.07) is 14.9. The van der Waals surface area contributed by atoms with Gasteiger partial charge in [0.1, 0.15) is 0 Å². The maximum absolute atomic E-state index is 12.1. The lowest BCUT2D eigenvalue weighted by Gasteiger charge is -2.13. The van der Waals surface area contributed by atoms with E-state index in [2.05, 4.69) is 33.0 Å². The van der Waals surface area contributed by atoms with E-state index in [0.29, 0.717) is 17.4 Å². The lowest BCUT2D eigenvalue weighted by Crippen LogP contribution is -2.21. The second-order valence-corrected chi connectivity index (χ2v) is 6.64. The molecule has 2 aromatic rings. The van der Waals surface area contributed by atoms with Crippen LogP contribution in [0.1, 0.15) is 61.0 Å². The molecular formula is C21H25NO3. The van der Waals surface area contributed by atoms with Crippen molar-refractivity contribution in [2.75, 3.05) is 11.9 Å². The van der Waals surface area contributed by atoms with Crippen molar-refractivity contribution in [1.29, 1.82) is 0 Å². The van der Waals surface area contributed by atoms with Crippen LogP contribution in [0.3, 0.4) is 0 Å².